The summed E-state index contributed by atoms with van der Waals surface area (Å²) in [5.41, 5.74) is 0. The summed E-state index contributed by atoms with van der Waals surface area (Å²) in [6, 6.07) is 0.692. The van der Waals surface area contributed by atoms with Gasteiger partial charge in [-0.1, -0.05) is 0 Å². The van der Waals surface area contributed by atoms with E-state index in [1.165, 1.54) is 0 Å². The minimum Gasteiger partial charge on any atom is -0.389 e. The monoisotopic (exact) mass is 202 g/mol. The Kier molecular flexibility index (Phi) is 4.81. The van der Waals surface area contributed by atoms with E-state index in [1.807, 2.05) is 0 Å². The highest BCUT2D eigenvalue weighted by atomic mass is 16.5. The van der Waals surface area contributed by atoms with Crippen LogP contribution in [0.5, 0.6) is 0 Å². The highest BCUT2D eigenvalue weighted by Crippen LogP contribution is 2.04. The lowest BCUT2D eigenvalue weighted by Gasteiger charge is -2.22. The van der Waals surface area contributed by atoms with Crippen LogP contribution in [0.1, 0.15) is 13.8 Å². The van der Waals surface area contributed by atoms with Crippen molar-refractivity contribution in [2.45, 2.75) is 32.0 Å². The van der Waals surface area contributed by atoms with Crippen molar-refractivity contribution in [1.29, 1.82) is 0 Å². The second-order valence-corrected chi connectivity index (χ2v) is 4.24. The maximum Gasteiger partial charge on any atom is 0.0948 e. The predicted octanol–water partition coefficient (Wildman–Crippen LogP) is -0.324. The molecule has 0 aromatic rings. The summed E-state index contributed by atoms with van der Waals surface area (Å²) < 4.78 is 5.15. The van der Waals surface area contributed by atoms with Gasteiger partial charge in [0, 0.05) is 19.1 Å². The quantitative estimate of drug-likeness (QED) is 0.641. The molecule has 4 nitrogen and oxygen atoms in total. The first-order chi connectivity index (χ1) is 6.61. The summed E-state index contributed by atoms with van der Waals surface area (Å²) in [5, 5.41) is 12.8. The highest BCUT2D eigenvalue weighted by Gasteiger charge is 2.25. The minimum atomic E-state index is -0.334. The molecule has 1 saturated heterocycles. The van der Waals surface area contributed by atoms with E-state index in [9.17, 15) is 5.11 Å². The van der Waals surface area contributed by atoms with Crippen LogP contribution in [-0.4, -0.2) is 61.5 Å². The molecule has 1 rings (SSSR count). The summed E-state index contributed by atoms with van der Waals surface area (Å²) in [4.78, 5) is 2.27. The first-order valence-corrected chi connectivity index (χ1v) is 5.30. The molecule has 1 fully saturated rings. The molecule has 0 amide bonds. The molecule has 1 aliphatic rings. The molecule has 1 heterocycles. The van der Waals surface area contributed by atoms with Crippen molar-refractivity contribution >= 4 is 0 Å². The molecule has 0 aromatic carbocycles. The second kappa shape index (κ2) is 5.66. The standard InChI is InChI=1S/C10H22N2O2/c1-8(2)12(3)5-4-11-9-6-14-7-10(9)13/h8-11,13H,4-7H2,1-3H3. The van der Waals surface area contributed by atoms with Crippen molar-refractivity contribution in [1.82, 2.24) is 10.2 Å². The molecule has 0 aromatic heterocycles. The summed E-state index contributed by atoms with van der Waals surface area (Å²) in [5.74, 6) is 0. The Balaban J connectivity index is 2.09. The molecule has 1 aliphatic heterocycles. The molecule has 0 aliphatic carbocycles. The van der Waals surface area contributed by atoms with E-state index >= 15 is 0 Å². The van der Waals surface area contributed by atoms with Gasteiger partial charge >= 0.3 is 0 Å². The van der Waals surface area contributed by atoms with Crippen LogP contribution in [0, 0.1) is 0 Å². The summed E-state index contributed by atoms with van der Waals surface area (Å²) in [7, 11) is 2.11. The zero-order valence-electron chi connectivity index (χ0n) is 9.36. The lowest BCUT2D eigenvalue weighted by atomic mass is 10.2. The molecule has 0 bridgehead atoms. The van der Waals surface area contributed by atoms with Crippen LogP contribution in [0.4, 0.5) is 0 Å². The van der Waals surface area contributed by atoms with Crippen LogP contribution in [-0.2, 0) is 4.74 Å². The molecular weight excluding hydrogens is 180 g/mol. The average Bonchev–Trinajstić information content (AvgIpc) is 2.51. The Hall–Kier alpha value is -0.160. The molecular formula is C10H22N2O2. The van der Waals surface area contributed by atoms with Crippen LogP contribution in [0.2, 0.25) is 0 Å². The van der Waals surface area contributed by atoms with Gasteiger partial charge in [0.05, 0.1) is 25.4 Å². The van der Waals surface area contributed by atoms with Crippen molar-refractivity contribution in [2.75, 3.05) is 33.4 Å². The number of nitrogens with one attached hydrogen (secondary N) is 1. The number of rotatable bonds is 5. The van der Waals surface area contributed by atoms with Gasteiger partial charge in [0.1, 0.15) is 0 Å². The molecule has 2 unspecified atom stereocenters. The summed E-state index contributed by atoms with van der Waals surface area (Å²) in [6.07, 6.45) is -0.334. The number of aliphatic hydroxyl groups excluding tert-OH is 1. The van der Waals surface area contributed by atoms with Gasteiger partial charge in [-0.3, -0.25) is 0 Å². The van der Waals surface area contributed by atoms with Crippen LogP contribution < -0.4 is 5.32 Å². The van der Waals surface area contributed by atoms with Crippen LogP contribution in [0.15, 0.2) is 0 Å². The minimum absolute atomic E-state index is 0.121. The lowest BCUT2D eigenvalue weighted by Crippen LogP contribution is -2.43. The number of aliphatic hydroxyl groups is 1. The van der Waals surface area contributed by atoms with Gasteiger partial charge < -0.3 is 20.1 Å². The van der Waals surface area contributed by atoms with Crippen molar-refractivity contribution in [2.24, 2.45) is 0 Å². The highest BCUT2D eigenvalue weighted by molar-refractivity contribution is 4.80. The molecule has 0 spiro atoms. The van der Waals surface area contributed by atoms with E-state index in [1.54, 1.807) is 0 Å². The summed E-state index contributed by atoms with van der Waals surface area (Å²) >= 11 is 0. The van der Waals surface area contributed by atoms with Crippen molar-refractivity contribution < 1.29 is 9.84 Å². The number of hydrogen-bond acceptors (Lipinski definition) is 4. The first-order valence-electron chi connectivity index (χ1n) is 5.30. The van der Waals surface area contributed by atoms with Crippen molar-refractivity contribution in [3.63, 3.8) is 0 Å². The van der Waals surface area contributed by atoms with E-state index in [2.05, 4.69) is 31.1 Å². The van der Waals surface area contributed by atoms with Crippen molar-refractivity contribution in [3.05, 3.63) is 0 Å². The van der Waals surface area contributed by atoms with Gasteiger partial charge in [-0.25, -0.2) is 0 Å². The molecule has 2 atom stereocenters. The number of ether oxygens (including phenoxy) is 1. The maximum absolute atomic E-state index is 9.46. The Labute approximate surface area is 86.2 Å². The van der Waals surface area contributed by atoms with Crippen LogP contribution in [0.25, 0.3) is 0 Å². The second-order valence-electron chi connectivity index (χ2n) is 4.24. The fourth-order valence-corrected chi connectivity index (χ4v) is 1.42. The Morgan fingerprint density at radius 2 is 2.21 bits per heavy atom. The Morgan fingerprint density at radius 3 is 2.71 bits per heavy atom. The zero-order valence-corrected chi connectivity index (χ0v) is 9.36. The molecule has 4 heteroatoms. The van der Waals surface area contributed by atoms with Crippen LogP contribution >= 0.6 is 0 Å². The first kappa shape index (κ1) is 11.9. The van der Waals surface area contributed by atoms with E-state index in [-0.39, 0.29) is 12.1 Å². The SMILES string of the molecule is CC(C)N(C)CCNC1COCC1O. The molecule has 0 radical (unpaired) electrons. The van der Waals surface area contributed by atoms with E-state index in [4.69, 9.17) is 4.74 Å². The fraction of sp³-hybridized carbons (Fsp3) is 1.00. The van der Waals surface area contributed by atoms with Gasteiger partial charge in [0.25, 0.3) is 0 Å². The number of likely N-dealkylation sites (N-methyl/N-ethyl adjacent to an activating group) is 1. The van der Waals surface area contributed by atoms with E-state index < -0.39 is 0 Å². The van der Waals surface area contributed by atoms with Crippen LogP contribution in [0.3, 0.4) is 0 Å². The van der Waals surface area contributed by atoms with Gasteiger partial charge in [0.2, 0.25) is 0 Å². The molecule has 2 N–H and O–H groups in total. The molecule has 14 heavy (non-hydrogen) atoms. The molecule has 84 valence electrons. The normalized spacial score (nSPS) is 27.9. The van der Waals surface area contributed by atoms with Gasteiger partial charge in [-0.05, 0) is 20.9 Å². The third-order valence-corrected chi connectivity index (χ3v) is 2.80. The Bertz CT molecular complexity index is 164. The lowest BCUT2D eigenvalue weighted by molar-refractivity contribution is 0.122. The topological polar surface area (TPSA) is 44.7 Å². The third-order valence-electron chi connectivity index (χ3n) is 2.80. The third kappa shape index (κ3) is 3.53. The van der Waals surface area contributed by atoms with Gasteiger partial charge in [-0.2, -0.15) is 0 Å². The molecule has 0 saturated carbocycles. The predicted molar refractivity (Wildman–Crippen MR) is 56.4 cm³/mol. The fourth-order valence-electron chi connectivity index (χ4n) is 1.42. The summed E-state index contributed by atoms with van der Waals surface area (Å²) in [6.45, 7) is 7.35. The smallest absolute Gasteiger partial charge is 0.0948 e. The maximum atomic E-state index is 9.46. The number of nitrogens with zero attached hydrogens (tertiary/aromatic N) is 1. The zero-order chi connectivity index (χ0) is 10.6. The van der Waals surface area contributed by atoms with Gasteiger partial charge in [-0.15, -0.1) is 0 Å². The average molecular weight is 202 g/mol. The van der Waals surface area contributed by atoms with Gasteiger partial charge in [0.15, 0.2) is 0 Å². The Morgan fingerprint density at radius 1 is 1.50 bits per heavy atom. The largest absolute Gasteiger partial charge is 0.389 e. The van der Waals surface area contributed by atoms with E-state index in [0.29, 0.717) is 19.3 Å². The van der Waals surface area contributed by atoms with E-state index in [0.717, 1.165) is 13.1 Å². The number of hydrogen-bond donors (Lipinski definition) is 2. The van der Waals surface area contributed by atoms with Crippen molar-refractivity contribution in [3.8, 4) is 0 Å².